The summed E-state index contributed by atoms with van der Waals surface area (Å²) in [6, 6.07) is -0.710. The van der Waals surface area contributed by atoms with E-state index in [0.717, 1.165) is 57.8 Å². The van der Waals surface area contributed by atoms with Crippen LogP contribution < -0.4 is 5.32 Å². The highest BCUT2D eigenvalue weighted by Crippen LogP contribution is 2.18. The van der Waals surface area contributed by atoms with Gasteiger partial charge in [0.15, 0.2) is 0 Å². The molecule has 0 aromatic rings. The van der Waals surface area contributed by atoms with Crippen LogP contribution in [-0.2, 0) is 14.3 Å². The molecule has 0 rings (SSSR count). The molecule has 6 heteroatoms. The number of aliphatic hydroxyl groups excluding tert-OH is 2. The summed E-state index contributed by atoms with van der Waals surface area (Å²) in [6.07, 6.45) is 56.9. The van der Waals surface area contributed by atoms with Crippen molar-refractivity contribution in [3.8, 4) is 0 Å². The van der Waals surface area contributed by atoms with Crippen LogP contribution in [0.1, 0.15) is 290 Å². The monoisotopic (exact) mass is 860 g/mol. The van der Waals surface area contributed by atoms with Crippen LogP contribution in [0.3, 0.4) is 0 Å². The third-order valence-electron chi connectivity index (χ3n) is 12.6. The summed E-state index contributed by atoms with van der Waals surface area (Å²) in [4.78, 5) is 26.1. The number of hydrogen-bond donors (Lipinski definition) is 3. The standard InChI is InChI=1S/C55H105NO5/c1-4-7-10-13-16-19-21-23-25-26-27-28-29-31-33-36-39-42-45-48-55(60)61-51(46-43-40-37-35-32-30-24-22-20-17-14-11-8-5-2)49-54(59)56-52(50-57)53(58)47-44-41-38-34-18-15-12-9-6-3/h30,32,35,37,51-53,57-58H,4-29,31,33-34,36,38-50H2,1-3H3,(H,56,59)/b32-30+,37-35+. The zero-order valence-corrected chi connectivity index (χ0v) is 41.1. The number of esters is 1. The van der Waals surface area contributed by atoms with Gasteiger partial charge in [-0.3, -0.25) is 9.59 Å². The lowest BCUT2D eigenvalue weighted by atomic mass is 10.0. The largest absolute Gasteiger partial charge is 0.462 e. The topological polar surface area (TPSA) is 95.9 Å². The zero-order chi connectivity index (χ0) is 44.5. The molecule has 0 aromatic carbocycles. The van der Waals surface area contributed by atoms with Crippen molar-refractivity contribution < 1.29 is 24.5 Å². The fraction of sp³-hybridized carbons (Fsp3) is 0.891. The molecule has 0 aromatic heterocycles. The van der Waals surface area contributed by atoms with Gasteiger partial charge in [0.2, 0.25) is 5.91 Å². The van der Waals surface area contributed by atoms with Gasteiger partial charge in [-0.1, -0.05) is 257 Å². The van der Waals surface area contributed by atoms with Gasteiger partial charge in [0.1, 0.15) is 6.10 Å². The Balaban J connectivity index is 4.52. The van der Waals surface area contributed by atoms with Crippen LogP contribution in [0.15, 0.2) is 24.3 Å². The predicted octanol–water partition coefficient (Wildman–Crippen LogP) is 16.3. The van der Waals surface area contributed by atoms with E-state index in [-0.39, 0.29) is 24.9 Å². The van der Waals surface area contributed by atoms with Crippen molar-refractivity contribution in [2.75, 3.05) is 6.61 Å². The number of ether oxygens (including phenoxy) is 1. The summed E-state index contributed by atoms with van der Waals surface area (Å²) in [5.74, 6) is -0.506. The van der Waals surface area contributed by atoms with E-state index in [1.165, 1.54) is 186 Å². The number of carbonyl (C=O) groups excluding carboxylic acids is 2. The highest BCUT2D eigenvalue weighted by molar-refractivity contribution is 5.77. The molecule has 0 spiro atoms. The first kappa shape index (κ1) is 59.3. The summed E-state index contributed by atoms with van der Waals surface area (Å²) < 4.78 is 5.92. The van der Waals surface area contributed by atoms with E-state index in [1.54, 1.807) is 0 Å². The SMILES string of the molecule is CCCCCCCCC/C=C/C=C/CCCC(CC(=O)NC(CO)C(O)CCCCCCCCCCC)OC(=O)CCCCCCCCCCCCCCCCCCCCC. The molecule has 0 heterocycles. The van der Waals surface area contributed by atoms with E-state index in [0.29, 0.717) is 19.3 Å². The summed E-state index contributed by atoms with van der Waals surface area (Å²) >= 11 is 0. The summed E-state index contributed by atoms with van der Waals surface area (Å²) in [5.41, 5.74) is 0. The van der Waals surface area contributed by atoms with Gasteiger partial charge in [-0.05, 0) is 44.9 Å². The fourth-order valence-corrected chi connectivity index (χ4v) is 8.43. The number of rotatable bonds is 49. The van der Waals surface area contributed by atoms with Crippen molar-refractivity contribution in [1.29, 1.82) is 0 Å². The third-order valence-corrected chi connectivity index (χ3v) is 12.6. The van der Waals surface area contributed by atoms with Gasteiger partial charge in [0, 0.05) is 6.42 Å². The van der Waals surface area contributed by atoms with E-state index in [9.17, 15) is 19.8 Å². The van der Waals surface area contributed by atoms with Gasteiger partial charge in [-0.2, -0.15) is 0 Å². The van der Waals surface area contributed by atoms with Crippen molar-refractivity contribution >= 4 is 11.9 Å². The van der Waals surface area contributed by atoms with Crippen molar-refractivity contribution in [3.05, 3.63) is 24.3 Å². The zero-order valence-electron chi connectivity index (χ0n) is 41.1. The average molecular weight is 860 g/mol. The lowest BCUT2D eigenvalue weighted by Gasteiger charge is -2.24. The maximum atomic E-state index is 13.2. The Morgan fingerprint density at radius 2 is 0.836 bits per heavy atom. The predicted molar refractivity (Wildman–Crippen MR) is 264 cm³/mol. The van der Waals surface area contributed by atoms with Crippen LogP contribution in [0, 0.1) is 0 Å². The quantitative estimate of drug-likeness (QED) is 0.0322. The lowest BCUT2D eigenvalue weighted by Crippen LogP contribution is -2.46. The molecule has 1 amide bonds. The molecule has 3 unspecified atom stereocenters. The Bertz CT molecular complexity index is 966. The number of carbonyl (C=O) groups is 2. The van der Waals surface area contributed by atoms with Gasteiger partial charge >= 0.3 is 5.97 Å². The van der Waals surface area contributed by atoms with E-state index in [1.807, 2.05) is 0 Å². The Labute approximate surface area is 380 Å². The second-order valence-electron chi connectivity index (χ2n) is 18.7. The molecular weight excluding hydrogens is 755 g/mol. The van der Waals surface area contributed by atoms with E-state index in [4.69, 9.17) is 4.74 Å². The van der Waals surface area contributed by atoms with Crippen LogP contribution in [-0.4, -0.2) is 46.9 Å². The first-order valence-corrected chi connectivity index (χ1v) is 27.1. The van der Waals surface area contributed by atoms with Crippen molar-refractivity contribution in [1.82, 2.24) is 5.32 Å². The first-order chi connectivity index (χ1) is 30.0. The normalized spacial score (nSPS) is 13.3. The first-order valence-electron chi connectivity index (χ1n) is 27.1. The van der Waals surface area contributed by atoms with Gasteiger partial charge in [0.05, 0.1) is 25.2 Å². The molecule has 61 heavy (non-hydrogen) atoms. The molecule has 0 saturated heterocycles. The van der Waals surface area contributed by atoms with E-state index in [2.05, 4.69) is 50.4 Å². The summed E-state index contributed by atoms with van der Waals surface area (Å²) in [7, 11) is 0. The minimum Gasteiger partial charge on any atom is -0.462 e. The van der Waals surface area contributed by atoms with Crippen LogP contribution >= 0.6 is 0 Å². The number of amides is 1. The number of unbranched alkanes of at least 4 members (excludes halogenated alkanes) is 34. The number of allylic oxidation sites excluding steroid dienone is 4. The second kappa shape index (κ2) is 49.4. The van der Waals surface area contributed by atoms with E-state index >= 15 is 0 Å². The second-order valence-corrected chi connectivity index (χ2v) is 18.7. The molecule has 0 aliphatic carbocycles. The Hall–Kier alpha value is -1.66. The molecule has 0 fully saturated rings. The summed E-state index contributed by atoms with van der Waals surface area (Å²) in [6.45, 7) is 6.47. The van der Waals surface area contributed by atoms with Gasteiger partial charge in [-0.25, -0.2) is 0 Å². The third kappa shape index (κ3) is 44.7. The molecule has 0 radical (unpaired) electrons. The number of nitrogens with one attached hydrogen (secondary N) is 1. The Morgan fingerprint density at radius 3 is 1.25 bits per heavy atom. The van der Waals surface area contributed by atoms with Crippen LogP contribution in [0.2, 0.25) is 0 Å². The highest BCUT2D eigenvalue weighted by atomic mass is 16.5. The molecule has 0 aliphatic heterocycles. The highest BCUT2D eigenvalue weighted by Gasteiger charge is 2.24. The van der Waals surface area contributed by atoms with Crippen LogP contribution in [0.5, 0.6) is 0 Å². The Morgan fingerprint density at radius 1 is 0.475 bits per heavy atom. The fourth-order valence-electron chi connectivity index (χ4n) is 8.43. The molecule has 0 bridgehead atoms. The smallest absolute Gasteiger partial charge is 0.306 e. The average Bonchev–Trinajstić information content (AvgIpc) is 3.25. The summed E-state index contributed by atoms with van der Waals surface area (Å²) in [5, 5.41) is 23.7. The van der Waals surface area contributed by atoms with Gasteiger partial charge in [-0.15, -0.1) is 0 Å². The molecule has 3 N–H and O–H groups in total. The molecule has 6 nitrogen and oxygen atoms in total. The molecule has 3 atom stereocenters. The maximum absolute atomic E-state index is 13.2. The molecular formula is C55H105NO5. The van der Waals surface area contributed by atoms with Crippen molar-refractivity contribution in [2.24, 2.45) is 0 Å². The van der Waals surface area contributed by atoms with Gasteiger partial charge < -0.3 is 20.3 Å². The maximum Gasteiger partial charge on any atom is 0.306 e. The molecule has 360 valence electrons. The van der Waals surface area contributed by atoms with Crippen molar-refractivity contribution in [2.45, 2.75) is 309 Å². The number of hydrogen-bond acceptors (Lipinski definition) is 5. The minimum atomic E-state index is -0.794. The number of aliphatic hydroxyl groups is 2. The lowest BCUT2D eigenvalue weighted by molar-refractivity contribution is -0.151. The minimum absolute atomic E-state index is 0.0498. The Kier molecular flexibility index (Phi) is 48.0. The van der Waals surface area contributed by atoms with E-state index < -0.39 is 18.2 Å². The van der Waals surface area contributed by atoms with Crippen LogP contribution in [0.25, 0.3) is 0 Å². The molecule has 0 aliphatic rings. The van der Waals surface area contributed by atoms with Gasteiger partial charge in [0.25, 0.3) is 0 Å². The van der Waals surface area contributed by atoms with Crippen molar-refractivity contribution in [3.63, 3.8) is 0 Å². The van der Waals surface area contributed by atoms with Crippen LogP contribution in [0.4, 0.5) is 0 Å². The molecule has 0 saturated carbocycles.